The molecule has 3 N–H and O–H groups in total. The van der Waals surface area contributed by atoms with Crippen LogP contribution in [0.2, 0.25) is 0 Å². The summed E-state index contributed by atoms with van der Waals surface area (Å²) in [6.45, 7) is 1.79. The van der Waals surface area contributed by atoms with Crippen LogP contribution in [0, 0.1) is 11.3 Å². The summed E-state index contributed by atoms with van der Waals surface area (Å²) in [6, 6.07) is 7.94. The third kappa shape index (κ3) is 4.13. The topological polar surface area (TPSA) is 85.2 Å². The molecule has 0 heterocycles. The maximum atomic E-state index is 11.5. The molecule has 0 saturated heterocycles. The lowest BCUT2D eigenvalue weighted by Crippen LogP contribution is -2.39. The molecule has 1 atom stereocenters. The van der Waals surface area contributed by atoms with Gasteiger partial charge in [-0.25, -0.2) is 4.79 Å². The van der Waals surface area contributed by atoms with E-state index in [0.29, 0.717) is 17.7 Å². The molecule has 17 heavy (non-hydrogen) atoms. The number of nitriles is 1. The zero-order valence-electron chi connectivity index (χ0n) is 9.60. The Morgan fingerprint density at radius 2 is 2.12 bits per heavy atom. The van der Waals surface area contributed by atoms with Crippen LogP contribution in [0.3, 0.4) is 0 Å². The third-order valence-electron chi connectivity index (χ3n) is 2.32. The molecular weight excluding hydrogens is 218 g/mol. The maximum Gasteiger partial charge on any atom is 0.319 e. The number of nitrogens with one attached hydrogen (secondary N) is 2. The summed E-state index contributed by atoms with van der Waals surface area (Å²) in [4.78, 5) is 11.5. The van der Waals surface area contributed by atoms with Gasteiger partial charge in [0.15, 0.2) is 0 Å². The molecule has 0 aromatic heterocycles. The minimum Gasteiger partial charge on any atom is -0.394 e. The standard InChI is InChI=1S/C12H15N3O2/c1-2-10(8-16)14-12(17)15-11-5-3-9(7-13)4-6-11/h3-6,10,16H,2,8H2,1H3,(H2,14,15,17)/t10-/m0/s1. The quantitative estimate of drug-likeness (QED) is 0.735. The van der Waals surface area contributed by atoms with E-state index in [1.54, 1.807) is 24.3 Å². The average molecular weight is 233 g/mol. The molecular formula is C12H15N3O2. The molecule has 1 aromatic carbocycles. The van der Waals surface area contributed by atoms with Crippen LogP contribution in [0.5, 0.6) is 0 Å². The van der Waals surface area contributed by atoms with Gasteiger partial charge in [-0.15, -0.1) is 0 Å². The van der Waals surface area contributed by atoms with E-state index in [1.807, 2.05) is 13.0 Å². The van der Waals surface area contributed by atoms with Gasteiger partial charge in [0.2, 0.25) is 0 Å². The smallest absolute Gasteiger partial charge is 0.319 e. The van der Waals surface area contributed by atoms with Crippen molar-refractivity contribution in [2.24, 2.45) is 0 Å². The zero-order chi connectivity index (χ0) is 12.7. The molecule has 1 aromatic rings. The van der Waals surface area contributed by atoms with E-state index in [0.717, 1.165) is 0 Å². The predicted molar refractivity (Wildman–Crippen MR) is 64.5 cm³/mol. The molecule has 0 aliphatic rings. The minimum atomic E-state index is -0.365. The Balaban J connectivity index is 2.53. The lowest BCUT2D eigenvalue weighted by molar-refractivity contribution is 0.222. The number of nitrogens with zero attached hydrogens (tertiary/aromatic N) is 1. The van der Waals surface area contributed by atoms with E-state index in [1.165, 1.54) is 0 Å². The lowest BCUT2D eigenvalue weighted by Gasteiger charge is -2.14. The summed E-state index contributed by atoms with van der Waals surface area (Å²) in [5.41, 5.74) is 1.15. The van der Waals surface area contributed by atoms with Crippen molar-refractivity contribution in [2.75, 3.05) is 11.9 Å². The summed E-state index contributed by atoms with van der Waals surface area (Å²) >= 11 is 0. The fraction of sp³-hybridized carbons (Fsp3) is 0.333. The normalized spacial score (nSPS) is 11.4. The highest BCUT2D eigenvalue weighted by molar-refractivity contribution is 5.89. The second-order valence-electron chi connectivity index (χ2n) is 3.58. The van der Waals surface area contributed by atoms with Crippen LogP contribution in [0.4, 0.5) is 10.5 Å². The Morgan fingerprint density at radius 3 is 2.59 bits per heavy atom. The van der Waals surface area contributed by atoms with Crippen LogP contribution < -0.4 is 10.6 Å². The monoisotopic (exact) mass is 233 g/mol. The first-order chi connectivity index (χ1) is 8.19. The second-order valence-corrected chi connectivity index (χ2v) is 3.58. The fourth-order valence-electron chi connectivity index (χ4n) is 1.26. The number of urea groups is 1. The van der Waals surface area contributed by atoms with E-state index < -0.39 is 0 Å². The van der Waals surface area contributed by atoms with Gasteiger partial charge in [0.25, 0.3) is 0 Å². The van der Waals surface area contributed by atoms with E-state index in [9.17, 15) is 4.79 Å². The van der Waals surface area contributed by atoms with Gasteiger partial charge in [-0.05, 0) is 30.7 Å². The van der Waals surface area contributed by atoms with Crippen molar-refractivity contribution in [1.82, 2.24) is 5.32 Å². The number of hydrogen-bond donors (Lipinski definition) is 3. The molecule has 0 saturated carbocycles. The molecule has 0 aliphatic carbocycles. The van der Waals surface area contributed by atoms with Crippen LogP contribution in [-0.4, -0.2) is 23.8 Å². The number of aliphatic hydroxyl groups is 1. The predicted octanol–water partition coefficient (Wildman–Crippen LogP) is 1.45. The molecule has 2 amide bonds. The van der Waals surface area contributed by atoms with E-state index in [-0.39, 0.29) is 18.7 Å². The number of anilines is 1. The highest BCUT2D eigenvalue weighted by atomic mass is 16.3. The summed E-state index contributed by atoms with van der Waals surface area (Å²) < 4.78 is 0. The van der Waals surface area contributed by atoms with E-state index in [4.69, 9.17) is 10.4 Å². The first-order valence-electron chi connectivity index (χ1n) is 5.38. The Hall–Kier alpha value is -2.06. The van der Waals surface area contributed by atoms with E-state index in [2.05, 4.69) is 10.6 Å². The van der Waals surface area contributed by atoms with Gasteiger partial charge in [0.05, 0.1) is 24.3 Å². The van der Waals surface area contributed by atoms with Gasteiger partial charge >= 0.3 is 6.03 Å². The molecule has 0 radical (unpaired) electrons. The first-order valence-corrected chi connectivity index (χ1v) is 5.38. The molecule has 0 fully saturated rings. The number of rotatable bonds is 4. The fourth-order valence-corrected chi connectivity index (χ4v) is 1.26. The number of hydrogen-bond acceptors (Lipinski definition) is 3. The van der Waals surface area contributed by atoms with Crippen molar-refractivity contribution in [1.29, 1.82) is 5.26 Å². The number of carbonyl (C=O) groups is 1. The minimum absolute atomic E-state index is 0.0860. The molecule has 90 valence electrons. The van der Waals surface area contributed by atoms with Gasteiger partial charge in [0, 0.05) is 5.69 Å². The van der Waals surface area contributed by atoms with Crippen molar-refractivity contribution in [3.05, 3.63) is 29.8 Å². The van der Waals surface area contributed by atoms with Crippen LogP contribution >= 0.6 is 0 Å². The molecule has 0 aliphatic heterocycles. The van der Waals surface area contributed by atoms with Gasteiger partial charge in [-0.2, -0.15) is 5.26 Å². The SMILES string of the molecule is CC[C@@H](CO)NC(=O)Nc1ccc(C#N)cc1. The van der Waals surface area contributed by atoms with Gasteiger partial charge in [-0.3, -0.25) is 0 Å². The highest BCUT2D eigenvalue weighted by Crippen LogP contribution is 2.08. The van der Waals surface area contributed by atoms with Gasteiger partial charge in [-0.1, -0.05) is 6.92 Å². The van der Waals surface area contributed by atoms with Crippen molar-refractivity contribution >= 4 is 11.7 Å². The second kappa shape index (κ2) is 6.51. The zero-order valence-corrected chi connectivity index (χ0v) is 9.60. The van der Waals surface area contributed by atoms with Gasteiger partial charge < -0.3 is 15.7 Å². The molecule has 0 bridgehead atoms. The largest absolute Gasteiger partial charge is 0.394 e. The Labute approximate surface area is 100 Å². The van der Waals surface area contributed by atoms with Crippen LogP contribution in [-0.2, 0) is 0 Å². The van der Waals surface area contributed by atoms with Crippen LogP contribution in [0.15, 0.2) is 24.3 Å². The van der Waals surface area contributed by atoms with Gasteiger partial charge in [0.1, 0.15) is 0 Å². The summed E-state index contributed by atoms with van der Waals surface area (Å²) in [7, 11) is 0. The summed E-state index contributed by atoms with van der Waals surface area (Å²) in [5, 5.41) is 22.8. The first kappa shape index (κ1) is 13.0. The highest BCUT2D eigenvalue weighted by Gasteiger charge is 2.08. The summed E-state index contributed by atoms with van der Waals surface area (Å²) in [6.07, 6.45) is 0.664. The van der Waals surface area contributed by atoms with Crippen LogP contribution in [0.25, 0.3) is 0 Å². The number of carbonyl (C=O) groups excluding carboxylic acids is 1. The van der Waals surface area contributed by atoms with Crippen molar-refractivity contribution < 1.29 is 9.90 Å². The van der Waals surface area contributed by atoms with E-state index >= 15 is 0 Å². The molecule has 0 spiro atoms. The molecule has 0 unspecified atom stereocenters. The molecule has 1 rings (SSSR count). The third-order valence-corrected chi connectivity index (χ3v) is 2.32. The van der Waals surface area contributed by atoms with Crippen molar-refractivity contribution in [2.45, 2.75) is 19.4 Å². The molecule has 5 heteroatoms. The molecule has 5 nitrogen and oxygen atoms in total. The van der Waals surface area contributed by atoms with Crippen LogP contribution in [0.1, 0.15) is 18.9 Å². The van der Waals surface area contributed by atoms with Crippen molar-refractivity contribution in [3.8, 4) is 6.07 Å². The lowest BCUT2D eigenvalue weighted by atomic mass is 10.2. The number of amides is 2. The average Bonchev–Trinajstić information content (AvgIpc) is 2.37. The van der Waals surface area contributed by atoms with Crippen molar-refractivity contribution in [3.63, 3.8) is 0 Å². The Morgan fingerprint density at radius 1 is 1.47 bits per heavy atom. The Kier molecular flexibility index (Phi) is 4.98. The number of benzene rings is 1. The Bertz CT molecular complexity index is 405. The maximum absolute atomic E-state index is 11.5. The summed E-state index contributed by atoms with van der Waals surface area (Å²) in [5.74, 6) is 0. The number of aliphatic hydroxyl groups excluding tert-OH is 1.